The monoisotopic (exact) mass is 223 g/mol. The van der Waals surface area contributed by atoms with Crippen LogP contribution < -0.4 is 5.32 Å². The molecule has 1 aromatic rings. The molecule has 0 saturated carbocycles. The second-order valence-corrected chi connectivity index (χ2v) is 4.52. The Morgan fingerprint density at radius 3 is 2.94 bits per heavy atom. The molecule has 3 heteroatoms. The Morgan fingerprint density at radius 1 is 1.50 bits per heavy atom. The van der Waals surface area contributed by atoms with Crippen LogP contribution in [0.1, 0.15) is 18.9 Å². The number of hydrogen-bond donors (Lipinski definition) is 1. The molecule has 1 fully saturated rings. The standard InChI is InChI=1S/C13H18FNO/c1-9-3-4-12(7-13(9)14)15-10(2)11-5-6-16-8-11/h3-4,7,10-11,15H,5-6,8H2,1-2H3. The maximum atomic E-state index is 13.3. The van der Waals surface area contributed by atoms with Gasteiger partial charge in [0.1, 0.15) is 5.82 Å². The summed E-state index contributed by atoms with van der Waals surface area (Å²) in [6.45, 7) is 5.55. The van der Waals surface area contributed by atoms with Crippen LogP contribution in [0.4, 0.5) is 10.1 Å². The lowest BCUT2D eigenvalue weighted by Crippen LogP contribution is -2.26. The van der Waals surface area contributed by atoms with Crippen LogP contribution in [0.3, 0.4) is 0 Å². The van der Waals surface area contributed by atoms with E-state index in [9.17, 15) is 4.39 Å². The molecule has 2 atom stereocenters. The van der Waals surface area contributed by atoms with Crippen molar-refractivity contribution in [2.75, 3.05) is 18.5 Å². The minimum Gasteiger partial charge on any atom is -0.382 e. The van der Waals surface area contributed by atoms with Crippen LogP contribution in [-0.2, 0) is 4.74 Å². The van der Waals surface area contributed by atoms with Gasteiger partial charge in [-0.15, -0.1) is 0 Å². The lowest BCUT2D eigenvalue weighted by molar-refractivity contribution is 0.183. The maximum Gasteiger partial charge on any atom is 0.128 e. The highest BCUT2D eigenvalue weighted by Crippen LogP contribution is 2.21. The van der Waals surface area contributed by atoms with E-state index < -0.39 is 0 Å². The SMILES string of the molecule is Cc1ccc(NC(C)C2CCOC2)cc1F. The van der Waals surface area contributed by atoms with E-state index in [1.54, 1.807) is 19.1 Å². The van der Waals surface area contributed by atoms with Gasteiger partial charge in [-0.2, -0.15) is 0 Å². The fraction of sp³-hybridized carbons (Fsp3) is 0.538. The Balaban J connectivity index is 1.99. The molecule has 0 aromatic heterocycles. The van der Waals surface area contributed by atoms with E-state index >= 15 is 0 Å². The van der Waals surface area contributed by atoms with Crippen LogP contribution in [0.5, 0.6) is 0 Å². The first-order valence-corrected chi connectivity index (χ1v) is 5.77. The van der Waals surface area contributed by atoms with Crippen molar-refractivity contribution < 1.29 is 9.13 Å². The zero-order chi connectivity index (χ0) is 11.5. The number of hydrogen-bond acceptors (Lipinski definition) is 2. The number of nitrogens with one attached hydrogen (secondary N) is 1. The Bertz CT molecular complexity index is 361. The Kier molecular flexibility index (Phi) is 3.44. The summed E-state index contributed by atoms with van der Waals surface area (Å²) in [5.74, 6) is 0.379. The van der Waals surface area contributed by atoms with Crippen molar-refractivity contribution in [1.29, 1.82) is 0 Å². The highest BCUT2D eigenvalue weighted by atomic mass is 19.1. The molecule has 1 heterocycles. The van der Waals surface area contributed by atoms with Gasteiger partial charge in [0.25, 0.3) is 0 Å². The van der Waals surface area contributed by atoms with Gasteiger partial charge < -0.3 is 10.1 Å². The summed E-state index contributed by atoms with van der Waals surface area (Å²) < 4.78 is 18.7. The summed E-state index contributed by atoms with van der Waals surface area (Å²) in [6.07, 6.45) is 1.09. The summed E-state index contributed by atoms with van der Waals surface area (Å²) >= 11 is 0. The average molecular weight is 223 g/mol. The van der Waals surface area contributed by atoms with Gasteiger partial charge in [-0.1, -0.05) is 6.07 Å². The van der Waals surface area contributed by atoms with Gasteiger partial charge in [0.2, 0.25) is 0 Å². The predicted octanol–water partition coefficient (Wildman–Crippen LogP) is 2.97. The van der Waals surface area contributed by atoms with Crippen LogP contribution >= 0.6 is 0 Å². The van der Waals surface area contributed by atoms with Crippen molar-refractivity contribution in [2.24, 2.45) is 5.92 Å². The van der Waals surface area contributed by atoms with Gasteiger partial charge in [-0.05, 0) is 38.0 Å². The van der Waals surface area contributed by atoms with E-state index in [1.807, 2.05) is 6.07 Å². The third-order valence-corrected chi connectivity index (χ3v) is 3.24. The predicted molar refractivity (Wildman–Crippen MR) is 63.1 cm³/mol. The Hall–Kier alpha value is -1.09. The number of halogens is 1. The molecular weight excluding hydrogens is 205 g/mol. The summed E-state index contributed by atoms with van der Waals surface area (Å²) in [5, 5.41) is 3.33. The smallest absolute Gasteiger partial charge is 0.128 e. The van der Waals surface area contributed by atoms with E-state index in [1.165, 1.54) is 0 Å². The molecule has 0 spiro atoms. The van der Waals surface area contributed by atoms with Crippen LogP contribution in [0.25, 0.3) is 0 Å². The summed E-state index contributed by atoms with van der Waals surface area (Å²) in [4.78, 5) is 0. The normalized spacial score (nSPS) is 22.1. The lowest BCUT2D eigenvalue weighted by Gasteiger charge is -2.20. The van der Waals surface area contributed by atoms with Crippen molar-refractivity contribution in [1.82, 2.24) is 0 Å². The molecule has 16 heavy (non-hydrogen) atoms. The Morgan fingerprint density at radius 2 is 2.31 bits per heavy atom. The quantitative estimate of drug-likeness (QED) is 0.850. The molecule has 88 valence electrons. The van der Waals surface area contributed by atoms with E-state index in [4.69, 9.17) is 4.74 Å². The minimum atomic E-state index is -0.153. The molecule has 0 bridgehead atoms. The van der Waals surface area contributed by atoms with E-state index in [2.05, 4.69) is 12.2 Å². The fourth-order valence-electron chi connectivity index (χ4n) is 2.01. The van der Waals surface area contributed by atoms with Crippen LogP contribution in [0, 0.1) is 18.7 Å². The molecule has 2 rings (SSSR count). The molecule has 1 saturated heterocycles. The van der Waals surface area contributed by atoms with Crippen molar-refractivity contribution in [3.63, 3.8) is 0 Å². The second kappa shape index (κ2) is 4.83. The molecular formula is C13H18FNO. The molecule has 1 N–H and O–H groups in total. The molecule has 0 amide bonds. The number of aryl methyl sites for hydroxylation is 1. The zero-order valence-corrected chi connectivity index (χ0v) is 9.79. The van der Waals surface area contributed by atoms with Crippen molar-refractivity contribution in [3.05, 3.63) is 29.6 Å². The van der Waals surface area contributed by atoms with Crippen LogP contribution in [0.2, 0.25) is 0 Å². The summed E-state index contributed by atoms with van der Waals surface area (Å²) in [6, 6.07) is 5.60. The number of rotatable bonds is 3. The minimum absolute atomic E-state index is 0.153. The average Bonchev–Trinajstić information content (AvgIpc) is 2.77. The van der Waals surface area contributed by atoms with Gasteiger partial charge in [-0.25, -0.2) is 4.39 Å². The zero-order valence-electron chi connectivity index (χ0n) is 9.79. The van der Waals surface area contributed by atoms with Crippen molar-refractivity contribution in [2.45, 2.75) is 26.3 Å². The topological polar surface area (TPSA) is 21.3 Å². The van der Waals surface area contributed by atoms with Gasteiger partial charge in [-0.3, -0.25) is 0 Å². The van der Waals surface area contributed by atoms with Gasteiger partial charge in [0, 0.05) is 24.3 Å². The van der Waals surface area contributed by atoms with E-state index in [0.29, 0.717) is 17.5 Å². The maximum absolute atomic E-state index is 13.3. The molecule has 0 radical (unpaired) electrons. The molecule has 1 aromatic carbocycles. The largest absolute Gasteiger partial charge is 0.382 e. The number of anilines is 1. The van der Waals surface area contributed by atoms with Gasteiger partial charge in [0.15, 0.2) is 0 Å². The van der Waals surface area contributed by atoms with Crippen molar-refractivity contribution in [3.8, 4) is 0 Å². The highest BCUT2D eigenvalue weighted by Gasteiger charge is 2.22. The van der Waals surface area contributed by atoms with E-state index in [-0.39, 0.29) is 5.82 Å². The molecule has 2 unspecified atom stereocenters. The fourth-order valence-corrected chi connectivity index (χ4v) is 2.01. The molecule has 2 nitrogen and oxygen atoms in total. The third kappa shape index (κ3) is 2.53. The number of ether oxygens (including phenoxy) is 1. The molecule has 1 aliphatic heterocycles. The molecule has 0 aliphatic carbocycles. The third-order valence-electron chi connectivity index (χ3n) is 3.24. The molecule has 1 aliphatic rings. The van der Waals surface area contributed by atoms with Crippen LogP contribution in [0.15, 0.2) is 18.2 Å². The summed E-state index contributed by atoms with van der Waals surface area (Å²) in [7, 11) is 0. The Labute approximate surface area is 95.8 Å². The first-order chi connectivity index (χ1) is 7.66. The lowest BCUT2D eigenvalue weighted by atomic mass is 10.0. The van der Waals surface area contributed by atoms with Crippen LogP contribution in [-0.4, -0.2) is 19.3 Å². The number of benzene rings is 1. The first kappa shape index (κ1) is 11.4. The van der Waals surface area contributed by atoms with Crippen molar-refractivity contribution >= 4 is 5.69 Å². The summed E-state index contributed by atoms with van der Waals surface area (Å²) in [5.41, 5.74) is 1.53. The second-order valence-electron chi connectivity index (χ2n) is 4.52. The van der Waals surface area contributed by atoms with Gasteiger partial charge in [0.05, 0.1) is 6.61 Å². The highest BCUT2D eigenvalue weighted by molar-refractivity contribution is 5.46. The van der Waals surface area contributed by atoms with Gasteiger partial charge >= 0.3 is 0 Å². The first-order valence-electron chi connectivity index (χ1n) is 5.77. The van der Waals surface area contributed by atoms with E-state index in [0.717, 1.165) is 25.3 Å².